The fourth-order valence-electron chi connectivity index (χ4n) is 2.38. The number of carbonyl (C=O) groups is 1. The van der Waals surface area contributed by atoms with Gasteiger partial charge in [-0.2, -0.15) is 0 Å². The van der Waals surface area contributed by atoms with Crippen LogP contribution in [0, 0.1) is 0 Å². The molecule has 1 amide bonds. The summed E-state index contributed by atoms with van der Waals surface area (Å²) in [4.78, 5) is 19.8. The summed E-state index contributed by atoms with van der Waals surface area (Å²) in [5.74, 6) is 0.692. The van der Waals surface area contributed by atoms with Gasteiger partial charge < -0.3 is 10.3 Å². The first-order valence-electron chi connectivity index (χ1n) is 7.32. The zero-order valence-electron chi connectivity index (χ0n) is 12.4. The second-order valence-electron chi connectivity index (χ2n) is 5.18. The van der Waals surface area contributed by atoms with Gasteiger partial charge in [-0.15, -0.1) is 0 Å². The van der Waals surface area contributed by atoms with Gasteiger partial charge in [0, 0.05) is 29.4 Å². The molecule has 116 valence electrons. The SMILES string of the molecule is O=C(N[C@@H](Cc1ncc[nH]1)c1ccccc1)c1ccc(Cl)cc1. The van der Waals surface area contributed by atoms with Crippen LogP contribution >= 0.6 is 11.6 Å². The Hall–Kier alpha value is -2.59. The van der Waals surface area contributed by atoms with Gasteiger partial charge in [0.2, 0.25) is 0 Å². The summed E-state index contributed by atoms with van der Waals surface area (Å²) in [5, 5.41) is 3.67. The molecule has 0 aliphatic heterocycles. The Morgan fingerprint density at radius 1 is 1.13 bits per heavy atom. The van der Waals surface area contributed by atoms with Gasteiger partial charge in [0.05, 0.1) is 6.04 Å². The Labute approximate surface area is 139 Å². The summed E-state index contributed by atoms with van der Waals surface area (Å²) in [6, 6.07) is 16.5. The molecule has 2 N–H and O–H groups in total. The Balaban J connectivity index is 1.80. The van der Waals surface area contributed by atoms with Crippen molar-refractivity contribution in [3.8, 4) is 0 Å². The van der Waals surface area contributed by atoms with E-state index in [0.717, 1.165) is 11.4 Å². The number of nitrogens with one attached hydrogen (secondary N) is 2. The molecule has 4 nitrogen and oxygen atoms in total. The van der Waals surface area contributed by atoms with Crippen LogP contribution in [0.2, 0.25) is 5.02 Å². The summed E-state index contributed by atoms with van der Waals surface area (Å²) in [6.45, 7) is 0. The molecule has 0 unspecified atom stereocenters. The molecular weight excluding hydrogens is 310 g/mol. The van der Waals surface area contributed by atoms with Crippen molar-refractivity contribution in [1.82, 2.24) is 15.3 Å². The van der Waals surface area contributed by atoms with Gasteiger partial charge in [0.15, 0.2) is 0 Å². The molecule has 0 radical (unpaired) electrons. The van der Waals surface area contributed by atoms with E-state index in [9.17, 15) is 4.79 Å². The fourth-order valence-corrected chi connectivity index (χ4v) is 2.51. The number of benzene rings is 2. The van der Waals surface area contributed by atoms with Crippen molar-refractivity contribution in [2.24, 2.45) is 0 Å². The topological polar surface area (TPSA) is 57.8 Å². The standard InChI is InChI=1S/C18H16ClN3O/c19-15-8-6-14(7-9-15)18(23)22-16(12-17-20-10-11-21-17)13-4-2-1-3-5-13/h1-11,16H,12H2,(H,20,21)(H,22,23)/t16-/m0/s1. The largest absolute Gasteiger partial charge is 0.349 e. The number of aromatic amines is 1. The molecular formula is C18H16ClN3O. The van der Waals surface area contributed by atoms with Gasteiger partial charge in [0.1, 0.15) is 5.82 Å². The van der Waals surface area contributed by atoms with E-state index in [1.54, 1.807) is 36.7 Å². The fraction of sp³-hybridized carbons (Fsp3) is 0.111. The van der Waals surface area contributed by atoms with Crippen molar-refractivity contribution in [2.75, 3.05) is 0 Å². The maximum Gasteiger partial charge on any atom is 0.251 e. The average Bonchev–Trinajstić information content (AvgIpc) is 3.09. The van der Waals surface area contributed by atoms with Crippen LogP contribution in [0.1, 0.15) is 27.8 Å². The van der Waals surface area contributed by atoms with Crippen molar-refractivity contribution in [3.63, 3.8) is 0 Å². The molecule has 0 aliphatic carbocycles. The molecule has 23 heavy (non-hydrogen) atoms. The zero-order valence-corrected chi connectivity index (χ0v) is 13.1. The highest BCUT2D eigenvalue weighted by Crippen LogP contribution is 2.18. The van der Waals surface area contributed by atoms with E-state index in [4.69, 9.17) is 11.6 Å². The highest BCUT2D eigenvalue weighted by atomic mass is 35.5. The van der Waals surface area contributed by atoms with Crippen LogP contribution in [-0.4, -0.2) is 15.9 Å². The Bertz CT molecular complexity index is 755. The van der Waals surface area contributed by atoms with Crippen molar-refractivity contribution >= 4 is 17.5 Å². The molecule has 0 spiro atoms. The number of hydrogen-bond donors (Lipinski definition) is 2. The lowest BCUT2D eigenvalue weighted by Gasteiger charge is -2.18. The number of amides is 1. The maximum atomic E-state index is 12.5. The third-order valence-electron chi connectivity index (χ3n) is 3.57. The van der Waals surface area contributed by atoms with Gasteiger partial charge in [-0.05, 0) is 29.8 Å². The van der Waals surface area contributed by atoms with Crippen molar-refractivity contribution in [1.29, 1.82) is 0 Å². The molecule has 0 saturated heterocycles. The average molecular weight is 326 g/mol. The molecule has 1 heterocycles. The molecule has 3 rings (SSSR count). The van der Waals surface area contributed by atoms with Crippen LogP contribution in [0.15, 0.2) is 67.0 Å². The number of hydrogen-bond acceptors (Lipinski definition) is 2. The molecule has 0 saturated carbocycles. The van der Waals surface area contributed by atoms with Gasteiger partial charge in [-0.1, -0.05) is 41.9 Å². The van der Waals surface area contributed by atoms with Crippen LogP contribution < -0.4 is 5.32 Å². The molecule has 0 aliphatic rings. The third-order valence-corrected chi connectivity index (χ3v) is 3.82. The van der Waals surface area contributed by atoms with E-state index in [-0.39, 0.29) is 11.9 Å². The highest BCUT2D eigenvalue weighted by Gasteiger charge is 2.17. The minimum atomic E-state index is -0.162. The number of H-pyrrole nitrogens is 1. The second-order valence-corrected chi connectivity index (χ2v) is 5.62. The first-order valence-corrected chi connectivity index (χ1v) is 7.70. The van der Waals surface area contributed by atoms with Gasteiger partial charge in [0.25, 0.3) is 5.91 Å². The van der Waals surface area contributed by atoms with Crippen LogP contribution in [0.3, 0.4) is 0 Å². The quantitative estimate of drug-likeness (QED) is 0.750. The number of aromatic nitrogens is 2. The van der Waals surface area contributed by atoms with Gasteiger partial charge >= 0.3 is 0 Å². The van der Waals surface area contributed by atoms with Gasteiger partial charge in [-0.3, -0.25) is 4.79 Å². The van der Waals surface area contributed by atoms with Crippen molar-refractivity contribution < 1.29 is 4.79 Å². The lowest BCUT2D eigenvalue weighted by Crippen LogP contribution is -2.30. The summed E-state index contributed by atoms with van der Waals surface area (Å²) >= 11 is 5.87. The normalized spacial score (nSPS) is 11.9. The molecule has 1 atom stereocenters. The van der Waals surface area contributed by atoms with Crippen molar-refractivity contribution in [3.05, 3.63) is 89.0 Å². The van der Waals surface area contributed by atoms with E-state index in [0.29, 0.717) is 17.0 Å². The first kappa shape index (κ1) is 15.3. The third kappa shape index (κ3) is 3.99. The molecule has 3 aromatic rings. The summed E-state index contributed by atoms with van der Waals surface area (Å²) in [5.41, 5.74) is 1.61. The minimum absolute atomic E-state index is 0.137. The predicted octanol–water partition coefficient (Wildman–Crippen LogP) is 3.78. The van der Waals surface area contributed by atoms with Crippen LogP contribution in [-0.2, 0) is 6.42 Å². The summed E-state index contributed by atoms with van der Waals surface area (Å²) in [7, 11) is 0. The van der Waals surface area contributed by atoms with E-state index in [1.807, 2.05) is 30.3 Å². The van der Waals surface area contributed by atoms with Crippen LogP contribution in [0.4, 0.5) is 0 Å². The lowest BCUT2D eigenvalue weighted by molar-refractivity contribution is 0.0936. The Kier molecular flexibility index (Phi) is 4.74. The highest BCUT2D eigenvalue weighted by molar-refractivity contribution is 6.30. The number of rotatable bonds is 5. The lowest BCUT2D eigenvalue weighted by atomic mass is 10.0. The summed E-state index contributed by atoms with van der Waals surface area (Å²) in [6.07, 6.45) is 4.08. The molecule has 0 bridgehead atoms. The monoisotopic (exact) mass is 325 g/mol. The molecule has 1 aromatic heterocycles. The number of carbonyl (C=O) groups excluding carboxylic acids is 1. The summed E-state index contributed by atoms with van der Waals surface area (Å²) < 4.78 is 0. The smallest absolute Gasteiger partial charge is 0.251 e. The molecule has 0 fully saturated rings. The van der Waals surface area contributed by atoms with E-state index in [2.05, 4.69) is 15.3 Å². The van der Waals surface area contributed by atoms with Crippen LogP contribution in [0.5, 0.6) is 0 Å². The number of nitrogens with zero attached hydrogens (tertiary/aromatic N) is 1. The predicted molar refractivity (Wildman–Crippen MR) is 90.4 cm³/mol. The number of imidazole rings is 1. The zero-order chi connectivity index (χ0) is 16.1. The minimum Gasteiger partial charge on any atom is -0.349 e. The van der Waals surface area contributed by atoms with Crippen LogP contribution in [0.25, 0.3) is 0 Å². The maximum absolute atomic E-state index is 12.5. The van der Waals surface area contributed by atoms with E-state index < -0.39 is 0 Å². The first-order chi connectivity index (χ1) is 11.2. The van der Waals surface area contributed by atoms with E-state index >= 15 is 0 Å². The Morgan fingerprint density at radius 3 is 2.52 bits per heavy atom. The Morgan fingerprint density at radius 2 is 1.87 bits per heavy atom. The molecule has 5 heteroatoms. The molecule has 2 aromatic carbocycles. The second kappa shape index (κ2) is 7.11. The van der Waals surface area contributed by atoms with E-state index in [1.165, 1.54) is 0 Å². The van der Waals surface area contributed by atoms with Crippen molar-refractivity contribution in [2.45, 2.75) is 12.5 Å². The number of halogens is 1. The van der Waals surface area contributed by atoms with Gasteiger partial charge in [-0.25, -0.2) is 4.98 Å².